The summed E-state index contributed by atoms with van der Waals surface area (Å²) < 4.78 is 6.14. The highest BCUT2D eigenvalue weighted by atomic mass is 79.9. The minimum atomic E-state index is -0.445. The first-order chi connectivity index (χ1) is 13.0. The van der Waals surface area contributed by atoms with Crippen LogP contribution in [0.15, 0.2) is 74.7 Å². The van der Waals surface area contributed by atoms with Crippen LogP contribution in [-0.4, -0.2) is 18.0 Å². The van der Waals surface area contributed by atoms with Crippen molar-refractivity contribution >= 4 is 39.6 Å². The molecule has 0 unspecified atom stereocenters. The Hall–Kier alpha value is -3.19. The molecule has 27 heavy (non-hydrogen) atoms. The second-order valence-corrected chi connectivity index (χ2v) is 6.57. The molecule has 0 saturated heterocycles. The lowest BCUT2D eigenvalue weighted by Gasteiger charge is -2.10. The number of halogens is 1. The molecule has 0 bridgehead atoms. The monoisotopic (exact) mass is 425 g/mol. The molecule has 0 aliphatic rings. The van der Waals surface area contributed by atoms with Gasteiger partial charge in [-0.15, -0.1) is 0 Å². The van der Waals surface area contributed by atoms with Crippen molar-refractivity contribution in [3.05, 3.63) is 87.8 Å². The zero-order valence-corrected chi connectivity index (χ0v) is 16.0. The van der Waals surface area contributed by atoms with E-state index in [1.54, 1.807) is 54.6 Å². The maximum absolute atomic E-state index is 12.4. The molecule has 0 radical (unpaired) electrons. The van der Waals surface area contributed by atoms with Crippen molar-refractivity contribution in [1.29, 1.82) is 0 Å². The Morgan fingerprint density at radius 3 is 2.59 bits per heavy atom. The first-order valence-corrected chi connectivity index (χ1v) is 8.88. The second-order valence-electron chi connectivity index (χ2n) is 5.66. The van der Waals surface area contributed by atoms with Gasteiger partial charge in [0.1, 0.15) is 11.5 Å². The molecule has 2 aromatic carbocycles. The number of carbonyl (C=O) groups is 2. The first kappa shape index (κ1) is 18.6. The first-order valence-electron chi connectivity index (χ1n) is 8.09. The molecule has 2 amide bonds. The molecule has 136 valence electrons. The summed E-state index contributed by atoms with van der Waals surface area (Å²) in [6.07, 6.45) is 1.41. The van der Waals surface area contributed by atoms with Crippen molar-refractivity contribution in [2.24, 2.45) is 5.10 Å². The third-order valence-corrected chi connectivity index (χ3v) is 4.12. The quantitative estimate of drug-likeness (QED) is 0.470. The molecule has 1 heterocycles. The minimum Gasteiger partial charge on any atom is -0.460 e. The van der Waals surface area contributed by atoms with Gasteiger partial charge in [-0.25, -0.2) is 5.43 Å². The zero-order chi connectivity index (χ0) is 19.2. The molecule has 7 heteroatoms. The molecule has 0 aliphatic carbocycles. The van der Waals surface area contributed by atoms with Crippen molar-refractivity contribution in [2.75, 3.05) is 5.32 Å². The number of anilines is 1. The molecule has 0 fully saturated rings. The average molecular weight is 426 g/mol. The van der Waals surface area contributed by atoms with Crippen LogP contribution in [0.5, 0.6) is 0 Å². The van der Waals surface area contributed by atoms with E-state index in [2.05, 4.69) is 31.8 Å². The average Bonchev–Trinajstić information content (AvgIpc) is 3.07. The number of amides is 2. The van der Waals surface area contributed by atoms with E-state index in [4.69, 9.17) is 4.42 Å². The number of aryl methyl sites for hydroxylation is 1. The number of para-hydroxylation sites is 1. The Morgan fingerprint density at radius 1 is 1.04 bits per heavy atom. The summed E-state index contributed by atoms with van der Waals surface area (Å²) in [6, 6.07) is 17.3. The van der Waals surface area contributed by atoms with Crippen LogP contribution in [0.4, 0.5) is 5.69 Å². The molecular weight excluding hydrogens is 410 g/mol. The summed E-state index contributed by atoms with van der Waals surface area (Å²) >= 11 is 3.34. The third-order valence-electron chi connectivity index (χ3n) is 3.63. The van der Waals surface area contributed by atoms with Gasteiger partial charge < -0.3 is 9.73 Å². The lowest BCUT2D eigenvalue weighted by atomic mass is 10.1. The van der Waals surface area contributed by atoms with Crippen molar-refractivity contribution in [1.82, 2.24) is 5.43 Å². The minimum absolute atomic E-state index is 0.300. The van der Waals surface area contributed by atoms with E-state index in [1.165, 1.54) is 6.21 Å². The van der Waals surface area contributed by atoms with Crippen LogP contribution in [0, 0.1) is 6.92 Å². The number of nitrogens with one attached hydrogen (secondary N) is 2. The zero-order valence-electron chi connectivity index (χ0n) is 14.4. The maximum Gasteiger partial charge on any atom is 0.273 e. The van der Waals surface area contributed by atoms with Gasteiger partial charge in [-0.2, -0.15) is 5.10 Å². The molecule has 0 atom stereocenters. The Morgan fingerprint density at radius 2 is 1.85 bits per heavy atom. The van der Waals surface area contributed by atoms with Crippen molar-refractivity contribution in [3.8, 4) is 0 Å². The third kappa shape index (κ3) is 4.92. The number of furan rings is 1. The van der Waals surface area contributed by atoms with E-state index in [9.17, 15) is 9.59 Å². The summed E-state index contributed by atoms with van der Waals surface area (Å²) in [7, 11) is 0. The van der Waals surface area contributed by atoms with E-state index in [0.717, 1.165) is 10.2 Å². The van der Waals surface area contributed by atoms with Gasteiger partial charge in [0.05, 0.1) is 17.5 Å². The summed E-state index contributed by atoms with van der Waals surface area (Å²) in [5, 5.41) is 6.64. The number of carbonyl (C=O) groups excluding carboxylic acids is 2. The topological polar surface area (TPSA) is 83.7 Å². The molecule has 6 nitrogen and oxygen atoms in total. The summed E-state index contributed by atoms with van der Waals surface area (Å²) in [5.74, 6) is 0.526. The van der Waals surface area contributed by atoms with Gasteiger partial charge in [-0.05, 0) is 49.4 Å². The SMILES string of the molecule is Cc1ccc(/C=N/NC(=O)c2ccccc2NC(=O)c2cccc(Br)c2)o1. The fourth-order valence-corrected chi connectivity index (χ4v) is 2.75. The van der Waals surface area contributed by atoms with Crippen LogP contribution in [0.3, 0.4) is 0 Å². The van der Waals surface area contributed by atoms with E-state index < -0.39 is 5.91 Å². The van der Waals surface area contributed by atoms with Gasteiger partial charge in [-0.1, -0.05) is 34.1 Å². The van der Waals surface area contributed by atoms with Crippen LogP contribution in [0.1, 0.15) is 32.2 Å². The van der Waals surface area contributed by atoms with Crippen LogP contribution in [-0.2, 0) is 0 Å². The number of hydrazone groups is 1. The standard InChI is InChI=1S/C20H16BrN3O3/c1-13-9-10-16(27-13)12-22-24-20(26)17-7-2-3-8-18(17)23-19(25)14-5-4-6-15(21)11-14/h2-12H,1H3,(H,23,25)(H,24,26)/b22-12+. The lowest BCUT2D eigenvalue weighted by Crippen LogP contribution is -2.21. The molecule has 0 saturated carbocycles. The summed E-state index contributed by atoms with van der Waals surface area (Å²) in [4.78, 5) is 24.9. The van der Waals surface area contributed by atoms with Gasteiger partial charge in [0, 0.05) is 10.0 Å². The van der Waals surface area contributed by atoms with E-state index in [-0.39, 0.29) is 5.91 Å². The second kappa shape index (κ2) is 8.46. The predicted molar refractivity (Wildman–Crippen MR) is 107 cm³/mol. The van der Waals surface area contributed by atoms with Crippen LogP contribution in [0.2, 0.25) is 0 Å². The van der Waals surface area contributed by atoms with Crippen molar-refractivity contribution in [3.63, 3.8) is 0 Å². The fraction of sp³-hybridized carbons (Fsp3) is 0.0500. The van der Waals surface area contributed by atoms with Crippen molar-refractivity contribution < 1.29 is 14.0 Å². The van der Waals surface area contributed by atoms with E-state index in [0.29, 0.717) is 22.6 Å². The highest BCUT2D eigenvalue weighted by Crippen LogP contribution is 2.18. The fourth-order valence-electron chi connectivity index (χ4n) is 2.35. The van der Waals surface area contributed by atoms with Crippen LogP contribution >= 0.6 is 15.9 Å². The molecule has 2 N–H and O–H groups in total. The van der Waals surface area contributed by atoms with Gasteiger partial charge in [0.2, 0.25) is 0 Å². The van der Waals surface area contributed by atoms with Crippen molar-refractivity contribution in [2.45, 2.75) is 6.92 Å². The molecule has 0 aliphatic heterocycles. The van der Waals surface area contributed by atoms with Gasteiger partial charge in [-0.3, -0.25) is 9.59 Å². The Labute approximate surface area is 164 Å². The Bertz CT molecular complexity index is 1010. The van der Waals surface area contributed by atoms with E-state index in [1.807, 2.05) is 13.0 Å². The Balaban J connectivity index is 1.72. The number of rotatable bonds is 5. The molecular formula is C20H16BrN3O3. The van der Waals surface area contributed by atoms with Gasteiger partial charge in [0.25, 0.3) is 11.8 Å². The summed E-state index contributed by atoms with van der Waals surface area (Å²) in [5.41, 5.74) is 3.60. The molecule has 0 spiro atoms. The van der Waals surface area contributed by atoms with E-state index >= 15 is 0 Å². The van der Waals surface area contributed by atoms with Gasteiger partial charge in [0.15, 0.2) is 0 Å². The predicted octanol–water partition coefficient (Wildman–Crippen LogP) is 4.37. The van der Waals surface area contributed by atoms with Crippen LogP contribution in [0.25, 0.3) is 0 Å². The normalized spacial score (nSPS) is 10.7. The molecule has 1 aromatic heterocycles. The molecule has 3 rings (SSSR count). The largest absolute Gasteiger partial charge is 0.460 e. The summed E-state index contributed by atoms with van der Waals surface area (Å²) in [6.45, 7) is 1.82. The smallest absolute Gasteiger partial charge is 0.273 e. The number of hydrogen-bond donors (Lipinski definition) is 2. The number of hydrogen-bond acceptors (Lipinski definition) is 4. The number of nitrogens with zero attached hydrogens (tertiary/aromatic N) is 1. The van der Waals surface area contributed by atoms with Crippen LogP contribution < -0.4 is 10.7 Å². The highest BCUT2D eigenvalue weighted by molar-refractivity contribution is 9.10. The maximum atomic E-state index is 12.4. The molecule has 3 aromatic rings. The number of benzene rings is 2. The highest BCUT2D eigenvalue weighted by Gasteiger charge is 2.14. The van der Waals surface area contributed by atoms with Gasteiger partial charge >= 0.3 is 0 Å². The Kier molecular flexibility index (Phi) is 5.83. The lowest BCUT2D eigenvalue weighted by molar-refractivity contribution is 0.0956.